The maximum absolute atomic E-state index is 6.10. The zero-order valence-corrected chi connectivity index (χ0v) is 11.7. The molecule has 0 aromatic heterocycles. The lowest BCUT2D eigenvalue weighted by Crippen LogP contribution is -2.55. The predicted molar refractivity (Wildman–Crippen MR) is 72.3 cm³/mol. The summed E-state index contributed by atoms with van der Waals surface area (Å²) in [6, 6.07) is 0. The van der Waals surface area contributed by atoms with Crippen molar-refractivity contribution in [3.8, 4) is 0 Å². The van der Waals surface area contributed by atoms with Crippen LogP contribution in [-0.4, -0.2) is 68.8 Å². The molecule has 1 atom stereocenters. The van der Waals surface area contributed by atoms with Gasteiger partial charge in [0.25, 0.3) is 0 Å². The lowest BCUT2D eigenvalue weighted by molar-refractivity contribution is 0.0537. The third kappa shape index (κ3) is 3.91. The summed E-state index contributed by atoms with van der Waals surface area (Å²) in [4.78, 5) is 4.94. The number of rotatable bonds is 6. The highest BCUT2D eigenvalue weighted by Gasteiger charge is 2.35. The van der Waals surface area contributed by atoms with Crippen LogP contribution in [-0.2, 0) is 4.74 Å². The van der Waals surface area contributed by atoms with E-state index in [1.54, 1.807) is 7.11 Å². The van der Waals surface area contributed by atoms with Gasteiger partial charge >= 0.3 is 0 Å². The summed E-state index contributed by atoms with van der Waals surface area (Å²) in [5, 5.41) is 0. The lowest BCUT2D eigenvalue weighted by atomic mass is 9.88. The maximum Gasteiger partial charge on any atom is 0.0589 e. The van der Waals surface area contributed by atoms with Gasteiger partial charge in [0.15, 0.2) is 0 Å². The van der Waals surface area contributed by atoms with E-state index in [9.17, 15) is 0 Å². The molecular formula is C13H29N3O. The van der Waals surface area contributed by atoms with Crippen molar-refractivity contribution < 1.29 is 4.74 Å². The molecule has 17 heavy (non-hydrogen) atoms. The average Bonchev–Trinajstić information content (AvgIpc) is 2.53. The SMILES string of the molecule is CCN(CCOC)C1(CN)CCCN(C)CC1. The molecule has 4 heteroatoms. The second kappa shape index (κ2) is 7.31. The first-order valence-corrected chi connectivity index (χ1v) is 6.81. The molecule has 0 amide bonds. The van der Waals surface area contributed by atoms with Crippen molar-refractivity contribution in [1.82, 2.24) is 9.80 Å². The summed E-state index contributed by atoms with van der Waals surface area (Å²) in [7, 11) is 3.97. The van der Waals surface area contributed by atoms with Crippen LogP contribution in [0, 0.1) is 0 Å². The van der Waals surface area contributed by atoms with Crippen LogP contribution in [0.2, 0.25) is 0 Å². The molecule has 1 aliphatic heterocycles. The molecule has 0 aromatic carbocycles. The Kier molecular flexibility index (Phi) is 6.41. The van der Waals surface area contributed by atoms with Crippen LogP contribution in [0.4, 0.5) is 0 Å². The van der Waals surface area contributed by atoms with E-state index in [1.165, 1.54) is 25.8 Å². The highest BCUT2D eigenvalue weighted by molar-refractivity contribution is 4.94. The van der Waals surface area contributed by atoms with E-state index >= 15 is 0 Å². The lowest BCUT2D eigenvalue weighted by Gasteiger charge is -2.42. The molecule has 0 aliphatic carbocycles. The second-order valence-corrected chi connectivity index (χ2v) is 5.16. The van der Waals surface area contributed by atoms with Crippen molar-refractivity contribution in [2.75, 3.05) is 53.5 Å². The molecule has 1 fully saturated rings. The van der Waals surface area contributed by atoms with Crippen molar-refractivity contribution in [1.29, 1.82) is 0 Å². The van der Waals surface area contributed by atoms with Crippen molar-refractivity contribution in [2.45, 2.75) is 31.7 Å². The number of ether oxygens (including phenoxy) is 1. The largest absolute Gasteiger partial charge is 0.383 e. The molecule has 4 nitrogen and oxygen atoms in total. The molecule has 1 unspecified atom stereocenters. The minimum Gasteiger partial charge on any atom is -0.383 e. The zero-order chi connectivity index (χ0) is 12.7. The number of methoxy groups -OCH3 is 1. The minimum atomic E-state index is 0.192. The summed E-state index contributed by atoms with van der Waals surface area (Å²) in [5.74, 6) is 0. The summed E-state index contributed by atoms with van der Waals surface area (Å²) < 4.78 is 5.21. The molecule has 102 valence electrons. The number of hydrogen-bond donors (Lipinski definition) is 1. The third-order valence-corrected chi connectivity index (χ3v) is 4.14. The molecule has 0 radical (unpaired) electrons. The van der Waals surface area contributed by atoms with Crippen LogP contribution in [0.3, 0.4) is 0 Å². The average molecular weight is 243 g/mol. The summed E-state index contributed by atoms with van der Waals surface area (Å²) in [6.07, 6.45) is 3.64. The minimum absolute atomic E-state index is 0.192. The van der Waals surface area contributed by atoms with E-state index in [2.05, 4.69) is 23.8 Å². The van der Waals surface area contributed by atoms with Gasteiger partial charge in [0.05, 0.1) is 6.61 Å². The fourth-order valence-corrected chi connectivity index (χ4v) is 2.90. The quantitative estimate of drug-likeness (QED) is 0.748. The number of nitrogens with two attached hydrogens (primary N) is 1. The van der Waals surface area contributed by atoms with Crippen molar-refractivity contribution in [2.24, 2.45) is 5.73 Å². The van der Waals surface area contributed by atoms with E-state index in [4.69, 9.17) is 10.5 Å². The number of hydrogen-bond acceptors (Lipinski definition) is 4. The number of likely N-dealkylation sites (tertiary alicyclic amines) is 1. The first kappa shape index (κ1) is 14.9. The van der Waals surface area contributed by atoms with Crippen LogP contribution in [0.1, 0.15) is 26.2 Å². The topological polar surface area (TPSA) is 41.7 Å². The fraction of sp³-hybridized carbons (Fsp3) is 1.00. The zero-order valence-electron chi connectivity index (χ0n) is 11.7. The van der Waals surface area contributed by atoms with E-state index in [1.807, 2.05) is 0 Å². The first-order chi connectivity index (χ1) is 8.18. The van der Waals surface area contributed by atoms with E-state index < -0.39 is 0 Å². The van der Waals surface area contributed by atoms with Gasteiger partial charge in [0.2, 0.25) is 0 Å². The van der Waals surface area contributed by atoms with Crippen LogP contribution in [0.5, 0.6) is 0 Å². The molecule has 1 rings (SSSR count). The Morgan fingerprint density at radius 3 is 2.71 bits per heavy atom. The highest BCUT2D eigenvalue weighted by Crippen LogP contribution is 2.27. The molecule has 1 heterocycles. The third-order valence-electron chi connectivity index (χ3n) is 4.14. The number of likely N-dealkylation sites (N-methyl/N-ethyl adjacent to an activating group) is 1. The van der Waals surface area contributed by atoms with Crippen molar-refractivity contribution in [3.05, 3.63) is 0 Å². The Hall–Kier alpha value is -0.160. The van der Waals surface area contributed by atoms with Crippen LogP contribution >= 0.6 is 0 Å². The standard InChI is InChI=1S/C13H29N3O/c1-4-16(10-11-17-3)13(12-14)6-5-8-15(2)9-7-13/h4-12,14H2,1-3H3. The van der Waals surface area contributed by atoms with E-state index in [-0.39, 0.29) is 5.54 Å². The van der Waals surface area contributed by atoms with Crippen molar-refractivity contribution >= 4 is 0 Å². The molecule has 0 bridgehead atoms. The fourth-order valence-electron chi connectivity index (χ4n) is 2.90. The van der Waals surface area contributed by atoms with Gasteiger partial charge in [-0.2, -0.15) is 0 Å². The maximum atomic E-state index is 6.10. The van der Waals surface area contributed by atoms with E-state index in [0.29, 0.717) is 0 Å². The van der Waals surface area contributed by atoms with Gasteiger partial charge < -0.3 is 15.4 Å². The van der Waals surface area contributed by atoms with Gasteiger partial charge in [-0.25, -0.2) is 0 Å². The molecule has 0 saturated carbocycles. The van der Waals surface area contributed by atoms with Gasteiger partial charge in [-0.1, -0.05) is 6.92 Å². The smallest absolute Gasteiger partial charge is 0.0589 e. The Balaban J connectivity index is 2.69. The van der Waals surface area contributed by atoms with Gasteiger partial charge in [0, 0.05) is 25.7 Å². The molecule has 0 aromatic rings. The normalized spacial score (nSPS) is 27.4. The number of nitrogens with zero attached hydrogens (tertiary/aromatic N) is 2. The van der Waals surface area contributed by atoms with E-state index in [0.717, 1.165) is 32.8 Å². The van der Waals surface area contributed by atoms with Gasteiger partial charge in [0.1, 0.15) is 0 Å². The van der Waals surface area contributed by atoms with Crippen LogP contribution < -0.4 is 5.73 Å². The van der Waals surface area contributed by atoms with Gasteiger partial charge in [-0.3, -0.25) is 4.90 Å². The molecular weight excluding hydrogens is 214 g/mol. The molecule has 0 spiro atoms. The Bertz CT molecular complexity index is 213. The molecule has 1 saturated heterocycles. The Morgan fingerprint density at radius 1 is 1.35 bits per heavy atom. The first-order valence-electron chi connectivity index (χ1n) is 6.81. The van der Waals surface area contributed by atoms with Gasteiger partial charge in [-0.05, 0) is 45.9 Å². The monoisotopic (exact) mass is 243 g/mol. The second-order valence-electron chi connectivity index (χ2n) is 5.16. The Morgan fingerprint density at radius 2 is 2.12 bits per heavy atom. The predicted octanol–water partition coefficient (Wildman–Crippen LogP) is 0.768. The van der Waals surface area contributed by atoms with Crippen LogP contribution in [0.15, 0.2) is 0 Å². The summed E-state index contributed by atoms with van der Waals surface area (Å²) >= 11 is 0. The summed E-state index contributed by atoms with van der Waals surface area (Å²) in [6.45, 7) is 8.19. The summed E-state index contributed by atoms with van der Waals surface area (Å²) in [5.41, 5.74) is 6.29. The van der Waals surface area contributed by atoms with Crippen LogP contribution in [0.25, 0.3) is 0 Å². The molecule has 2 N–H and O–H groups in total. The van der Waals surface area contributed by atoms with Gasteiger partial charge in [-0.15, -0.1) is 0 Å². The highest BCUT2D eigenvalue weighted by atomic mass is 16.5. The Labute approximate surface area is 106 Å². The van der Waals surface area contributed by atoms with Crippen molar-refractivity contribution in [3.63, 3.8) is 0 Å². The molecule has 1 aliphatic rings.